The van der Waals surface area contributed by atoms with E-state index in [0.717, 1.165) is 66.9 Å². The molecule has 0 amide bonds. The Labute approximate surface area is 226 Å². The van der Waals surface area contributed by atoms with Crippen molar-refractivity contribution >= 4 is 51.3 Å². The van der Waals surface area contributed by atoms with Crippen molar-refractivity contribution in [3.63, 3.8) is 0 Å². The van der Waals surface area contributed by atoms with Crippen molar-refractivity contribution in [3.8, 4) is 16.9 Å². The van der Waals surface area contributed by atoms with E-state index in [4.69, 9.17) is 23.2 Å². The summed E-state index contributed by atoms with van der Waals surface area (Å²) in [6.45, 7) is 6.78. The maximum absolute atomic E-state index is 12.6. The SMILES string of the molecule is CC(=O)c1cnc2ccc(-c3cc(Cl)c(O)c(Cl)c3)cc2c1Nc1cccc(CCN2CCNCC2)c1. The molecule has 0 spiro atoms. The Hall–Kier alpha value is -3.16. The van der Waals surface area contributed by atoms with E-state index < -0.39 is 0 Å². The smallest absolute Gasteiger partial charge is 0.163 e. The van der Waals surface area contributed by atoms with E-state index in [1.165, 1.54) is 5.56 Å². The Bertz CT molecular complexity index is 1450. The summed E-state index contributed by atoms with van der Waals surface area (Å²) >= 11 is 12.3. The zero-order valence-electron chi connectivity index (χ0n) is 20.5. The third-order valence-electron chi connectivity index (χ3n) is 6.72. The molecule has 1 aliphatic heterocycles. The molecule has 0 radical (unpaired) electrons. The van der Waals surface area contributed by atoms with Gasteiger partial charge in [-0.2, -0.15) is 0 Å². The van der Waals surface area contributed by atoms with Gasteiger partial charge in [0, 0.05) is 50.0 Å². The normalized spacial score (nSPS) is 14.1. The zero-order chi connectivity index (χ0) is 25.9. The van der Waals surface area contributed by atoms with Crippen LogP contribution in [0.4, 0.5) is 11.4 Å². The Balaban J connectivity index is 1.50. The van der Waals surface area contributed by atoms with Gasteiger partial charge in [0.25, 0.3) is 0 Å². The maximum Gasteiger partial charge on any atom is 0.163 e. The van der Waals surface area contributed by atoms with Crippen LogP contribution in [-0.2, 0) is 6.42 Å². The number of nitrogens with one attached hydrogen (secondary N) is 2. The summed E-state index contributed by atoms with van der Waals surface area (Å²) in [7, 11) is 0. The number of aromatic nitrogens is 1. The standard InChI is InChI=1S/C29H28Cl2N4O2/c1-18(36)24-17-33-27-6-5-20(21-15-25(30)29(37)26(31)16-21)14-23(27)28(24)34-22-4-2-3-19(13-22)7-10-35-11-8-32-9-12-35/h2-6,13-17,32,37H,7-12H2,1H3,(H,33,34). The van der Waals surface area contributed by atoms with Crippen molar-refractivity contribution < 1.29 is 9.90 Å². The Morgan fingerprint density at radius 3 is 2.54 bits per heavy atom. The van der Waals surface area contributed by atoms with Crippen molar-refractivity contribution in [3.05, 3.63) is 82.0 Å². The lowest BCUT2D eigenvalue weighted by molar-refractivity contribution is 0.101. The molecule has 0 atom stereocenters. The van der Waals surface area contributed by atoms with E-state index in [-0.39, 0.29) is 21.6 Å². The summed E-state index contributed by atoms with van der Waals surface area (Å²) < 4.78 is 0. The number of halogens is 2. The molecular weight excluding hydrogens is 507 g/mol. The Kier molecular flexibility index (Phi) is 7.63. The first-order valence-electron chi connectivity index (χ1n) is 12.3. The summed E-state index contributed by atoms with van der Waals surface area (Å²) in [4.78, 5) is 19.6. The first-order chi connectivity index (χ1) is 17.9. The van der Waals surface area contributed by atoms with Gasteiger partial charge in [0.1, 0.15) is 0 Å². The summed E-state index contributed by atoms with van der Waals surface area (Å²) in [6, 6.07) is 17.4. The van der Waals surface area contributed by atoms with Crippen LogP contribution in [0.15, 0.2) is 60.8 Å². The van der Waals surface area contributed by atoms with Crippen molar-refractivity contribution in [2.45, 2.75) is 13.3 Å². The van der Waals surface area contributed by atoms with Crippen LogP contribution in [0.2, 0.25) is 10.0 Å². The molecule has 1 aromatic heterocycles. The largest absolute Gasteiger partial charge is 0.505 e. The average Bonchev–Trinajstić information content (AvgIpc) is 2.91. The van der Waals surface area contributed by atoms with Crippen LogP contribution in [0.3, 0.4) is 0 Å². The van der Waals surface area contributed by atoms with E-state index in [1.54, 1.807) is 25.3 Å². The van der Waals surface area contributed by atoms with Gasteiger partial charge in [-0.1, -0.05) is 41.4 Å². The molecule has 2 heterocycles. The molecule has 1 fully saturated rings. The van der Waals surface area contributed by atoms with Gasteiger partial charge in [-0.15, -0.1) is 0 Å². The summed E-state index contributed by atoms with van der Waals surface area (Å²) in [5, 5.41) is 18.0. The highest BCUT2D eigenvalue weighted by atomic mass is 35.5. The third-order valence-corrected chi connectivity index (χ3v) is 7.30. The molecule has 0 saturated carbocycles. The second-order valence-corrected chi connectivity index (χ2v) is 10.1. The zero-order valence-corrected chi connectivity index (χ0v) is 22.0. The highest BCUT2D eigenvalue weighted by Crippen LogP contribution is 2.38. The highest BCUT2D eigenvalue weighted by Gasteiger charge is 2.16. The van der Waals surface area contributed by atoms with Crippen LogP contribution in [0, 0.1) is 0 Å². The highest BCUT2D eigenvalue weighted by molar-refractivity contribution is 6.37. The minimum Gasteiger partial charge on any atom is -0.505 e. The molecule has 8 heteroatoms. The first kappa shape index (κ1) is 25.5. The summed E-state index contributed by atoms with van der Waals surface area (Å²) in [5.74, 6) is -0.222. The van der Waals surface area contributed by atoms with Gasteiger partial charge < -0.3 is 20.6 Å². The molecule has 0 unspecified atom stereocenters. The molecular formula is C29H28Cl2N4O2. The third kappa shape index (κ3) is 5.73. The fourth-order valence-corrected chi connectivity index (χ4v) is 5.16. The van der Waals surface area contributed by atoms with Gasteiger partial charge in [0.2, 0.25) is 0 Å². The van der Waals surface area contributed by atoms with Gasteiger partial charge in [-0.05, 0) is 66.4 Å². The number of Topliss-reactive ketones (excluding diaryl/α,β-unsaturated/α-hetero) is 1. The summed E-state index contributed by atoms with van der Waals surface area (Å²) in [5.41, 5.74) is 5.71. The lowest BCUT2D eigenvalue weighted by Gasteiger charge is -2.27. The van der Waals surface area contributed by atoms with Crippen molar-refractivity contribution in [1.82, 2.24) is 15.2 Å². The number of piperazine rings is 1. The summed E-state index contributed by atoms with van der Waals surface area (Å²) in [6.07, 6.45) is 2.58. The minimum absolute atomic E-state index is 0.0760. The number of phenols is 1. The number of hydrogen-bond acceptors (Lipinski definition) is 6. The lowest BCUT2D eigenvalue weighted by atomic mass is 10.00. The number of fused-ring (bicyclic) bond motifs is 1. The van der Waals surface area contributed by atoms with Crippen molar-refractivity contribution in [2.24, 2.45) is 0 Å². The van der Waals surface area contributed by atoms with E-state index >= 15 is 0 Å². The number of carbonyl (C=O) groups excluding carboxylic acids is 1. The number of rotatable bonds is 7. The van der Waals surface area contributed by atoms with Gasteiger partial charge in [0.15, 0.2) is 11.5 Å². The second-order valence-electron chi connectivity index (χ2n) is 9.29. The van der Waals surface area contributed by atoms with Crippen LogP contribution < -0.4 is 10.6 Å². The van der Waals surface area contributed by atoms with Gasteiger partial charge in [-0.3, -0.25) is 9.78 Å². The van der Waals surface area contributed by atoms with Crippen LogP contribution in [-0.4, -0.2) is 53.5 Å². The number of ketones is 1. The quantitative estimate of drug-likeness (QED) is 0.241. The number of pyridine rings is 1. The molecule has 1 saturated heterocycles. The number of nitrogens with zero attached hydrogens (tertiary/aromatic N) is 2. The number of carbonyl (C=O) groups is 1. The van der Waals surface area contributed by atoms with Crippen LogP contribution in [0.25, 0.3) is 22.0 Å². The maximum atomic E-state index is 12.6. The predicted octanol–water partition coefficient (Wildman–Crippen LogP) is 6.31. The van der Waals surface area contributed by atoms with E-state index in [9.17, 15) is 9.90 Å². The Morgan fingerprint density at radius 1 is 1.05 bits per heavy atom. The number of aromatic hydroxyl groups is 1. The van der Waals surface area contributed by atoms with Crippen LogP contribution in [0.5, 0.6) is 5.75 Å². The monoisotopic (exact) mass is 534 g/mol. The topological polar surface area (TPSA) is 77.5 Å². The molecule has 3 N–H and O–H groups in total. The first-order valence-corrected chi connectivity index (χ1v) is 13.1. The molecule has 0 bridgehead atoms. The van der Waals surface area contributed by atoms with E-state index in [1.807, 2.05) is 30.3 Å². The molecule has 37 heavy (non-hydrogen) atoms. The van der Waals surface area contributed by atoms with Gasteiger partial charge >= 0.3 is 0 Å². The predicted molar refractivity (Wildman–Crippen MR) is 152 cm³/mol. The molecule has 190 valence electrons. The van der Waals surface area contributed by atoms with Crippen LogP contribution in [0.1, 0.15) is 22.8 Å². The van der Waals surface area contributed by atoms with E-state index in [0.29, 0.717) is 11.3 Å². The number of benzene rings is 3. The van der Waals surface area contributed by atoms with Gasteiger partial charge in [0.05, 0.1) is 26.8 Å². The second kappa shape index (κ2) is 11.1. The van der Waals surface area contributed by atoms with E-state index in [2.05, 4.69) is 32.7 Å². The fraction of sp³-hybridized carbons (Fsp3) is 0.241. The number of phenolic OH excluding ortho intramolecular Hbond substituents is 1. The Morgan fingerprint density at radius 2 is 1.81 bits per heavy atom. The van der Waals surface area contributed by atoms with Crippen molar-refractivity contribution in [1.29, 1.82) is 0 Å². The molecule has 3 aromatic carbocycles. The number of anilines is 2. The fourth-order valence-electron chi connectivity index (χ4n) is 4.68. The molecule has 5 rings (SSSR count). The van der Waals surface area contributed by atoms with Crippen LogP contribution >= 0.6 is 23.2 Å². The molecule has 4 aromatic rings. The minimum atomic E-state index is -0.146. The lowest BCUT2D eigenvalue weighted by Crippen LogP contribution is -2.44. The average molecular weight is 535 g/mol. The molecule has 1 aliphatic rings. The van der Waals surface area contributed by atoms with Crippen molar-refractivity contribution in [2.75, 3.05) is 38.0 Å². The number of hydrogen-bond donors (Lipinski definition) is 3. The van der Waals surface area contributed by atoms with Gasteiger partial charge in [-0.25, -0.2) is 0 Å². The molecule has 6 nitrogen and oxygen atoms in total. The molecule has 0 aliphatic carbocycles.